The maximum atomic E-state index is 2.52. The summed E-state index contributed by atoms with van der Waals surface area (Å²) in [6, 6.07) is 56.3. The maximum absolute atomic E-state index is 2.52. The van der Waals surface area contributed by atoms with Gasteiger partial charge < -0.3 is 4.57 Å². The van der Waals surface area contributed by atoms with E-state index in [4.69, 9.17) is 0 Å². The van der Waals surface area contributed by atoms with Crippen LogP contribution in [0.3, 0.4) is 0 Å². The summed E-state index contributed by atoms with van der Waals surface area (Å²) >= 11 is 1.91. The Morgan fingerprint density at radius 2 is 1.11 bits per heavy atom. The highest BCUT2D eigenvalue weighted by molar-refractivity contribution is 7.26. The van der Waals surface area contributed by atoms with Gasteiger partial charge in [-0.25, -0.2) is 0 Å². The molecule has 0 aliphatic heterocycles. The fourth-order valence-corrected chi connectivity index (χ4v) is 9.43. The Kier molecular flexibility index (Phi) is 4.78. The molecule has 0 radical (unpaired) electrons. The maximum Gasteiger partial charge on any atom is 0.0719 e. The van der Waals surface area contributed by atoms with Crippen LogP contribution in [0.25, 0.3) is 103 Å². The fraction of sp³-hybridized carbons (Fsp3) is 0. The summed E-state index contributed by atoms with van der Waals surface area (Å²) in [5, 5.41) is 10.5. The molecule has 1 aliphatic carbocycles. The first-order valence-corrected chi connectivity index (χ1v) is 16.7. The molecule has 0 N–H and O–H groups in total. The Morgan fingerprint density at radius 1 is 0.413 bits per heavy atom. The third kappa shape index (κ3) is 3.14. The molecule has 0 saturated heterocycles. The molecule has 0 saturated carbocycles. The summed E-state index contributed by atoms with van der Waals surface area (Å²) < 4.78 is 5.19. The monoisotopic (exact) mass is 599 g/mol. The molecule has 0 unspecified atom stereocenters. The minimum atomic E-state index is 1.18. The quantitative estimate of drug-likeness (QED) is 0.186. The lowest BCUT2D eigenvalue weighted by Crippen LogP contribution is -1.95. The molecule has 10 aromatic rings. The second-order valence-corrected chi connectivity index (χ2v) is 13.5. The van der Waals surface area contributed by atoms with Crippen LogP contribution in [0.2, 0.25) is 0 Å². The van der Waals surface area contributed by atoms with Crippen molar-refractivity contribution in [3.8, 4) is 39.1 Å². The zero-order chi connectivity index (χ0) is 29.9. The molecule has 2 aromatic heterocycles. The van der Waals surface area contributed by atoms with E-state index in [1.54, 1.807) is 0 Å². The molecule has 0 fully saturated rings. The Bertz CT molecular complexity index is 2890. The van der Waals surface area contributed by atoms with Gasteiger partial charge >= 0.3 is 0 Å². The average molecular weight is 600 g/mol. The summed E-state index contributed by atoms with van der Waals surface area (Å²) in [6.45, 7) is 0. The van der Waals surface area contributed by atoms with Gasteiger partial charge in [0.25, 0.3) is 0 Å². The topological polar surface area (TPSA) is 4.93 Å². The van der Waals surface area contributed by atoms with Crippen molar-refractivity contribution in [2.75, 3.05) is 0 Å². The van der Waals surface area contributed by atoms with Gasteiger partial charge in [-0.05, 0) is 79.2 Å². The lowest BCUT2D eigenvalue weighted by atomic mass is 9.94. The molecular weight excluding hydrogens is 575 g/mol. The highest BCUT2D eigenvalue weighted by Gasteiger charge is 2.23. The number of thiophene rings is 1. The van der Waals surface area contributed by atoms with Gasteiger partial charge in [-0.1, -0.05) is 127 Å². The Hall–Kier alpha value is -5.70. The molecule has 1 nitrogen and oxygen atoms in total. The van der Waals surface area contributed by atoms with Crippen LogP contribution >= 0.6 is 11.3 Å². The van der Waals surface area contributed by atoms with Crippen molar-refractivity contribution >= 4 is 74.9 Å². The van der Waals surface area contributed by atoms with Crippen LogP contribution < -0.4 is 0 Å². The normalized spacial score (nSPS) is 12.3. The first-order valence-electron chi connectivity index (χ1n) is 15.9. The number of fused-ring (bicyclic) bond motifs is 12. The Balaban J connectivity index is 1.23. The van der Waals surface area contributed by atoms with Crippen LogP contribution in [0.15, 0.2) is 152 Å². The predicted molar refractivity (Wildman–Crippen MR) is 199 cm³/mol. The SMILES string of the molecule is c1cc(-c2ccc3c4c(cccc24)-c2ccccc2-3)cc(-n2c3ccc4ccccc4c3c3ccc4c5ccccc5sc4c32)c1. The molecule has 1 aliphatic rings. The van der Waals surface area contributed by atoms with E-state index < -0.39 is 0 Å². The van der Waals surface area contributed by atoms with E-state index in [0.717, 1.165) is 0 Å². The summed E-state index contributed by atoms with van der Waals surface area (Å²) in [5.41, 5.74) is 11.6. The molecule has 212 valence electrons. The molecule has 0 amide bonds. The van der Waals surface area contributed by atoms with Crippen LogP contribution in [0.5, 0.6) is 0 Å². The van der Waals surface area contributed by atoms with Gasteiger partial charge in [-0.15, -0.1) is 11.3 Å². The van der Waals surface area contributed by atoms with Crippen LogP contribution in [-0.2, 0) is 0 Å². The summed E-state index contributed by atoms with van der Waals surface area (Å²) in [4.78, 5) is 0. The van der Waals surface area contributed by atoms with Gasteiger partial charge in [-0.3, -0.25) is 0 Å². The van der Waals surface area contributed by atoms with Crippen LogP contribution in [0.4, 0.5) is 0 Å². The Labute approximate surface area is 269 Å². The fourth-order valence-electron chi connectivity index (χ4n) is 8.19. The number of nitrogens with zero attached hydrogens (tertiary/aromatic N) is 1. The first kappa shape index (κ1) is 24.6. The lowest BCUT2D eigenvalue weighted by Gasteiger charge is -2.13. The third-order valence-electron chi connectivity index (χ3n) is 10.1. The number of hydrogen-bond acceptors (Lipinski definition) is 1. The number of benzene rings is 8. The van der Waals surface area contributed by atoms with Crippen molar-refractivity contribution in [2.45, 2.75) is 0 Å². The summed E-state index contributed by atoms with van der Waals surface area (Å²) in [6.07, 6.45) is 0. The minimum absolute atomic E-state index is 1.18. The van der Waals surface area contributed by atoms with Gasteiger partial charge in [0.15, 0.2) is 0 Å². The van der Waals surface area contributed by atoms with E-state index in [1.807, 2.05) is 11.3 Å². The van der Waals surface area contributed by atoms with Crippen LogP contribution in [0.1, 0.15) is 0 Å². The van der Waals surface area contributed by atoms with Crippen molar-refractivity contribution < 1.29 is 0 Å². The van der Waals surface area contributed by atoms with Crippen molar-refractivity contribution in [2.24, 2.45) is 0 Å². The van der Waals surface area contributed by atoms with Crippen molar-refractivity contribution in [1.82, 2.24) is 4.57 Å². The molecule has 2 heteroatoms. The van der Waals surface area contributed by atoms with Crippen LogP contribution in [0, 0.1) is 0 Å². The lowest BCUT2D eigenvalue weighted by molar-refractivity contribution is 1.19. The van der Waals surface area contributed by atoms with Gasteiger partial charge in [0.2, 0.25) is 0 Å². The van der Waals surface area contributed by atoms with E-state index in [9.17, 15) is 0 Å². The highest BCUT2D eigenvalue weighted by Crippen LogP contribution is 2.50. The molecule has 0 spiro atoms. The van der Waals surface area contributed by atoms with Gasteiger partial charge in [0.1, 0.15) is 0 Å². The molecule has 0 bridgehead atoms. The van der Waals surface area contributed by atoms with E-state index >= 15 is 0 Å². The van der Waals surface area contributed by atoms with Gasteiger partial charge in [-0.2, -0.15) is 0 Å². The largest absolute Gasteiger partial charge is 0.308 e. The van der Waals surface area contributed by atoms with E-state index in [0.29, 0.717) is 0 Å². The second kappa shape index (κ2) is 8.94. The highest BCUT2D eigenvalue weighted by atomic mass is 32.1. The van der Waals surface area contributed by atoms with E-state index in [1.165, 1.54) is 103 Å². The first-order chi connectivity index (χ1) is 22.8. The minimum Gasteiger partial charge on any atom is -0.308 e. The standard InChI is InChI=1S/C44H25NS/c1-2-12-30-26(9-1)19-24-39-42(30)38-23-22-37-33-15-5-6-18-40(33)46-44(37)43(38)45(39)28-11-7-10-27(25-28)29-20-21-36-32-14-4-3-13-31(32)35-17-8-16-34(29)41(35)36/h1-25H. The number of aromatic nitrogens is 1. The van der Waals surface area contributed by atoms with Gasteiger partial charge in [0.05, 0.1) is 15.7 Å². The van der Waals surface area contributed by atoms with Crippen LogP contribution in [-0.4, -0.2) is 4.57 Å². The van der Waals surface area contributed by atoms with Crippen molar-refractivity contribution in [3.05, 3.63) is 152 Å². The summed E-state index contributed by atoms with van der Waals surface area (Å²) in [7, 11) is 0. The van der Waals surface area contributed by atoms with Crippen molar-refractivity contribution in [3.63, 3.8) is 0 Å². The molecule has 0 atom stereocenters. The van der Waals surface area contributed by atoms with Gasteiger partial charge in [0, 0.05) is 31.9 Å². The molecule has 11 rings (SSSR count). The van der Waals surface area contributed by atoms with E-state index in [-0.39, 0.29) is 0 Å². The Morgan fingerprint density at radius 3 is 2.02 bits per heavy atom. The zero-order valence-electron chi connectivity index (χ0n) is 24.8. The average Bonchev–Trinajstić information content (AvgIpc) is 3.77. The second-order valence-electron chi connectivity index (χ2n) is 12.4. The molecule has 2 heterocycles. The van der Waals surface area contributed by atoms with E-state index in [2.05, 4.69) is 156 Å². The molecular formula is C44H25NS. The smallest absolute Gasteiger partial charge is 0.0719 e. The molecule has 8 aromatic carbocycles. The molecule has 46 heavy (non-hydrogen) atoms. The number of rotatable bonds is 2. The summed E-state index contributed by atoms with van der Waals surface area (Å²) in [5.74, 6) is 0. The predicted octanol–water partition coefficient (Wildman–Crippen LogP) is 12.8. The number of hydrogen-bond donors (Lipinski definition) is 0. The third-order valence-corrected chi connectivity index (χ3v) is 11.3. The zero-order valence-corrected chi connectivity index (χ0v) is 25.6. The van der Waals surface area contributed by atoms with Crippen molar-refractivity contribution in [1.29, 1.82) is 0 Å².